The number of carbonyl (C=O) groups excluding carboxylic acids is 1. The highest BCUT2D eigenvalue weighted by atomic mass is 16.4. The van der Waals surface area contributed by atoms with Crippen LogP contribution in [-0.2, 0) is 11.8 Å². The molecule has 0 saturated carbocycles. The van der Waals surface area contributed by atoms with Gasteiger partial charge in [0.2, 0.25) is 5.91 Å². The molecule has 2 rings (SSSR count). The summed E-state index contributed by atoms with van der Waals surface area (Å²) in [5.74, 6) is -0.562. The summed E-state index contributed by atoms with van der Waals surface area (Å²) in [6.45, 7) is 1.43. The number of nitrogens with zero attached hydrogens (tertiary/aromatic N) is 1. The highest BCUT2D eigenvalue weighted by molar-refractivity contribution is 5.91. The molecular formula is C10H10N2O3. The summed E-state index contributed by atoms with van der Waals surface area (Å²) in [4.78, 5) is 22.0. The largest absolute Gasteiger partial charge is 0.419 e. The van der Waals surface area contributed by atoms with E-state index in [1.807, 2.05) is 0 Å². The molecule has 2 aromatic rings. The van der Waals surface area contributed by atoms with E-state index in [1.165, 1.54) is 11.5 Å². The molecule has 0 spiro atoms. The summed E-state index contributed by atoms with van der Waals surface area (Å²) in [5, 5.41) is 2.64. The van der Waals surface area contributed by atoms with Crippen LogP contribution < -0.4 is 11.1 Å². The average Bonchev–Trinajstić information content (AvgIpc) is 2.43. The Balaban J connectivity index is 2.59. The van der Waals surface area contributed by atoms with Crippen molar-refractivity contribution in [3.63, 3.8) is 0 Å². The van der Waals surface area contributed by atoms with Crippen LogP contribution in [0.25, 0.3) is 11.1 Å². The number of hydrogen-bond donors (Lipinski definition) is 1. The molecule has 0 saturated heterocycles. The van der Waals surface area contributed by atoms with Crippen LogP contribution in [0.5, 0.6) is 0 Å². The average molecular weight is 206 g/mol. The van der Waals surface area contributed by atoms with Crippen LogP contribution in [-0.4, -0.2) is 10.5 Å². The Morgan fingerprint density at radius 1 is 1.47 bits per heavy atom. The molecule has 5 nitrogen and oxygen atoms in total. The Hall–Kier alpha value is -2.04. The van der Waals surface area contributed by atoms with Gasteiger partial charge in [-0.2, -0.15) is 0 Å². The smallest absolute Gasteiger partial charge is 0.408 e. The zero-order valence-corrected chi connectivity index (χ0v) is 8.40. The Labute approximate surface area is 85.3 Å². The first-order valence-electron chi connectivity index (χ1n) is 4.45. The fraction of sp³-hybridized carbons (Fsp3) is 0.200. The number of benzene rings is 1. The first kappa shape index (κ1) is 9.51. The molecule has 0 bridgehead atoms. The summed E-state index contributed by atoms with van der Waals surface area (Å²) in [7, 11) is 1.62. The number of rotatable bonds is 1. The number of nitrogens with one attached hydrogen (secondary N) is 1. The van der Waals surface area contributed by atoms with Gasteiger partial charge in [0.1, 0.15) is 0 Å². The summed E-state index contributed by atoms with van der Waals surface area (Å²) in [6.07, 6.45) is 0. The van der Waals surface area contributed by atoms with Crippen molar-refractivity contribution in [2.45, 2.75) is 6.92 Å². The van der Waals surface area contributed by atoms with Crippen LogP contribution >= 0.6 is 0 Å². The van der Waals surface area contributed by atoms with Gasteiger partial charge in [-0.25, -0.2) is 4.79 Å². The normalized spacial score (nSPS) is 10.5. The van der Waals surface area contributed by atoms with Crippen molar-refractivity contribution < 1.29 is 9.21 Å². The van der Waals surface area contributed by atoms with Crippen molar-refractivity contribution in [1.29, 1.82) is 0 Å². The van der Waals surface area contributed by atoms with E-state index in [2.05, 4.69) is 5.32 Å². The number of oxazole rings is 1. The molecule has 1 heterocycles. The van der Waals surface area contributed by atoms with E-state index in [4.69, 9.17) is 4.42 Å². The number of fused-ring (bicyclic) bond motifs is 1. The molecule has 1 N–H and O–H groups in total. The number of aryl methyl sites for hydroxylation is 1. The predicted molar refractivity (Wildman–Crippen MR) is 55.8 cm³/mol. The summed E-state index contributed by atoms with van der Waals surface area (Å²) in [5.41, 5.74) is 1.81. The molecule has 5 heteroatoms. The van der Waals surface area contributed by atoms with Gasteiger partial charge in [0.25, 0.3) is 0 Å². The molecule has 0 unspecified atom stereocenters. The van der Waals surface area contributed by atoms with Crippen molar-refractivity contribution in [1.82, 2.24) is 4.57 Å². The third-order valence-electron chi connectivity index (χ3n) is 2.11. The second-order valence-electron chi connectivity index (χ2n) is 3.29. The third kappa shape index (κ3) is 1.63. The molecule has 0 radical (unpaired) electrons. The van der Waals surface area contributed by atoms with E-state index in [0.717, 1.165) is 0 Å². The molecule has 1 aromatic heterocycles. The number of carbonyl (C=O) groups is 1. The van der Waals surface area contributed by atoms with Crippen molar-refractivity contribution in [2.75, 3.05) is 5.32 Å². The molecule has 0 aliphatic carbocycles. The topological polar surface area (TPSA) is 64.2 Å². The summed E-state index contributed by atoms with van der Waals surface area (Å²) in [6, 6.07) is 5.04. The lowest BCUT2D eigenvalue weighted by molar-refractivity contribution is -0.114. The lowest BCUT2D eigenvalue weighted by Crippen LogP contribution is -2.09. The number of amides is 1. The maximum Gasteiger partial charge on any atom is 0.419 e. The fourth-order valence-electron chi connectivity index (χ4n) is 1.41. The van der Waals surface area contributed by atoms with E-state index >= 15 is 0 Å². The first-order valence-corrected chi connectivity index (χ1v) is 4.45. The van der Waals surface area contributed by atoms with Crippen LogP contribution in [0.1, 0.15) is 6.92 Å². The van der Waals surface area contributed by atoms with Crippen LogP contribution in [0.3, 0.4) is 0 Å². The molecular weight excluding hydrogens is 196 g/mol. The lowest BCUT2D eigenvalue weighted by atomic mass is 10.3. The van der Waals surface area contributed by atoms with Crippen molar-refractivity contribution in [3.8, 4) is 0 Å². The van der Waals surface area contributed by atoms with Gasteiger partial charge in [0.15, 0.2) is 5.58 Å². The maximum atomic E-state index is 11.2. The first-order chi connectivity index (χ1) is 7.08. The van der Waals surface area contributed by atoms with Crippen molar-refractivity contribution in [3.05, 3.63) is 28.7 Å². The van der Waals surface area contributed by atoms with Crippen LogP contribution in [0.15, 0.2) is 27.4 Å². The van der Waals surface area contributed by atoms with Gasteiger partial charge in [-0.15, -0.1) is 0 Å². The van der Waals surface area contributed by atoms with E-state index < -0.39 is 5.76 Å². The fourth-order valence-corrected chi connectivity index (χ4v) is 1.41. The highest BCUT2D eigenvalue weighted by Gasteiger charge is 2.06. The third-order valence-corrected chi connectivity index (χ3v) is 2.11. The Morgan fingerprint density at radius 3 is 2.87 bits per heavy atom. The maximum absolute atomic E-state index is 11.2. The predicted octanol–water partition coefficient (Wildman–Crippen LogP) is 1.09. The molecule has 1 aromatic carbocycles. The van der Waals surface area contributed by atoms with Gasteiger partial charge >= 0.3 is 5.76 Å². The minimum absolute atomic E-state index is 0.150. The SMILES string of the molecule is CC(=O)Nc1ccc2oc(=O)n(C)c2c1. The molecule has 1 amide bonds. The van der Waals surface area contributed by atoms with E-state index in [9.17, 15) is 9.59 Å². The number of anilines is 1. The van der Waals surface area contributed by atoms with Crippen molar-refractivity contribution in [2.24, 2.45) is 7.05 Å². The summed E-state index contributed by atoms with van der Waals surface area (Å²) >= 11 is 0. The monoisotopic (exact) mass is 206 g/mol. The molecule has 0 aliphatic rings. The Morgan fingerprint density at radius 2 is 2.20 bits per heavy atom. The van der Waals surface area contributed by atoms with Gasteiger partial charge in [-0.1, -0.05) is 0 Å². The highest BCUT2D eigenvalue weighted by Crippen LogP contribution is 2.17. The molecule has 78 valence electrons. The van der Waals surface area contributed by atoms with Crippen LogP contribution in [0.2, 0.25) is 0 Å². The quantitative estimate of drug-likeness (QED) is 0.759. The van der Waals surface area contributed by atoms with Gasteiger partial charge in [0, 0.05) is 19.7 Å². The zero-order valence-electron chi connectivity index (χ0n) is 8.40. The minimum atomic E-state index is -0.412. The van der Waals surface area contributed by atoms with Gasteiger partial charge in [0.05, 0.1) is 5.52 Å². The molecule has 0 atom stereocenters. The number of aromatic nitrogens is 1. The Kier molecular flexibility index (Phi) is 2.07. The Bertz CT molecular complexity index is 580. The van der Waals surface area contributed by atoms with Gasteiger partial charge in [-0.05, 0) is 18.2 Å². The molecule has 0 fully saturated rings. The van der Waals surface area contributed by atoms with Crippen LogP contribution in [0.4, 0.5) is 5.69 Å². The molecule has 15 heavy (non-hydrogen) atoms. The zero-order chi connectivity index (χ0) is 11.0. The van der Waals surface area contributed by atoms with E-state index in [1.54, 1.807) is 25.2 Å². The van der Waals surface area contributed by atoms with Crippen molar-refractivity contribution >= 4 is 22.7 Å². The van der Waals surface area contributed by atoms with E-state index in [-0.39, 0.29) is 5.91 Å². The second-order valence-corrected chi connectivity index (χ2v) is 3.29. The lowest BCUT2D eigenvalue weighted by Gasteiger charge is -2.01. The van der Waals surface area contributed by atoms with Crippen LogP contribution in [0, 0.1) is 0 Å². The standard InChI is InChI=1S/C10H10N2O3/c1-6(13)11-7-3-4-9-8(5-7)12(2)10(14)15-9/h3-5H,1-2H3,(H,11,13). The second kappa shape index (κ2) is 3.27. The summed E-state index contributed by atoms with van der Waals surface area (Å²) < 4.78 is 6.34. The van der Waals surface area contributed by atoms with E-state index in [0.29, 0.717) is 16.8 Å². The van der Waals surface area contributed by atoms with Gasteiger partial charge < -0.3 is 9.73 Å². The molecule has 0 aliphatic heterocycles. The number of hydrogen-bond acceptors (Lipinski definition) is 3. The minimum Gasteiger partial charge on any atom is -0.408 e. The van der Waals surface area contributed by atoms with Gasteiger partial charge in [-0.3, -0.25) is 9.36 Å².